The Kier molecular flexibility index (Phi) is 21.0. The SMILES string of the molecule is CC(C)(C)c1ccc2c(-c3cccc4ccccc34)c3ccccc3c(-c3cccc4ccccc34)c2c1.CC1(C)c2ccccc2-c2ccc(-c3ccc(-c4ccc5c(-c6cccc7ccccc67)c6ccccc6c(-c6cccc7ccccc67)c5c4)cc3)cc21.c1ccc(-c2ccc(-c3ccc4c(-c5ccc6ccccc6c5)c5ccccc5c(-c5ccc6ccccc6c5)c4c3)c3ccccc23)cc1. The van der Waals surface area contributed by atoms with Crippen LogP contribution in [-0.4, -0.2) is 0 Å². The molecule has 0 aliphatic heterocycles. The standard InChI is InChI=1S/C55H38.C50H32.C38H30/c1-55(2)51-24-10-9-19-43(51)44-31-29-40(34-52(44)55)36-27-25-35(26-28-36)39-30-32-49-50(33-39)54(46-23-12-16-38-14-4-6-18-42(38)46)48-21-8-7-20-47(48)53(49)45-22-11-15-37-13-3-5-17-41(37)45;1-2-14-35(15-3-1)41-28-29-42(44-19-9-8-18-43(41)44)38-26-27-47-48(32-38)50(40-25-23-34-13-5-7-17-37(34)31-40)46-21-11-10-20-45(46)49(47)39-24-22-33-12-4-6-16-36(33)30-39;1-38(2,3)27-22-23-34-35(24-27)37(31-21-11-15-26-13-5-7-17-29(26)31)33-19-9-8-18-32(33)36(34)30-20-10-14-25-12-4-6-16-28(25)30/h3-34H,1-2H3;1-32H;4-24H,1-3H3. The van der Waals surface area contributed by atoms with Gasteiger partial charge in [-0.2, -0.15) is 0 Å². The molecule has 0 heteroatoms. The minimum Gasteiger partial charge on any atom is -0.0622 e. The molecule has 28 rings (SSSR count). The van der Waals surface area contributed by atoms with Crippen molar-refractivity contribution in [3.8, 4) is 122 Å². The van der Waals surface area contributed by atoms with Crippen LogP contribution in [0.5, 0.6) is 0 Å². The lowest BCUT2D eigenvalue weighted by atomic mass is 9.80. The van der Waals surface area contributed by atoms with E-state index in [2.05, 4.69) is 550 Å². The first-order valence-electron chi connectivity index (χ1n) is 50.1. The zero-order chi connectivity index (χ0) is 95.5. The molecule has 0 N–H and O–H groups in total. The van der Waals surface area contributed by atoms with Crippen LogP contribution in [0.2, 0.25) is 0 Å². The highest BCUT2D eigenvalue weighted by Crippen LogP contribution is 2.55. The maximum atomic E-state index is 2.45. The molecular weight excluding hydrogens is 1720 g/mol. The van der Waals surface area contributed by atoms with E-state index >= 15 is 0 Å². The van der Waals surface area contributed by atoms with Gasteiger partial charge in [0.2, 0.25) is 0 Å². The van der Waals surface area contributed by atoms with Crippen molar-refractivity contribution < 1.29 is 0 Å². The average molecular weight is 1820 g/mol. The van der Waals surface area contributed by atoms with E-state index in [-0.39, 0.29) is 10.8 Å². The fourth-order valence-electron chi connectivity index (χ4n) is 23.8. The van der Waals surface area contributed by atoms with Crippen LogP contribution in [0.1, 0.15) is 51.3 Å². The van der Waals surface area contributed by atoms with Gasteiger partial charge in [0.1, 0.15) is 0 Å². The van der Waals surface area contributed by atoms with Crippen LogP contribution in [-0.2, 0) is 10.8 Å². The van der Waals surface area contributed by atoms with Crippen molar-refractivity contribution in [3.63, 3.8) is 0 Å². The van der Waals surface area contributed by atoms with Gasteiger partial charge < -0.3 is 0 Å². The van der Waals surface area contributed by atoms with Crippen LogP contribution < -0.4 is 0 Å². The molecule has 0 bridgehead atoms. The molecule has 0 atom stereocenters. The van der Waals surface area contributed by atoms with Gasteiger partial charge in [-0.1, -0.05) is 514 Å². The lowest BCUT2D eigenvalue weighted by Gasteiger charge is -2.23. The molecule has 0 saturated heterocycles. The third kappa shape index (κ3) is 14.8. The molecule has 27 aromatic rings. The second-order valence-electron chi connectivity index (χ2n) is 40.2. The smallest absolute Gasteiger partial charge is 0.0159 e. The number of benzene rings is 27. The summed E-state index contributed by atoms with van der Waals surface area (Å²) in [5.74, 6) is 0. The summed E-state index contributed by atoms with van der Waals surface area (Å²) in [6, 6.07) is 191. The van der Waals surface area contributed by atoms with Crippen LogP contribution in [0, 0.1) is 0 Å². The molecule has 0 radical (unpaired) electrons. The van der Waals surface area contributed by atoms with Crippen molar-refractivity contribution in [3.05, 3.63) is 532 Å². The Morgan fingerprint density at radius 3 is 0.860 bits per heavy atom. The molecule has 672 valence electrons. The quantitative estimate of drug-likeness (QED) is 0.120. The lowest BCUT2D eigenvalue weighted by Crippen LogP contribution is -2.14. The summed E-state index contributed by atoms with van der Waals surface area (Å²) in [7, 11) is 0. The van der Waals surface area contributed by atoms with Crippen molar-refractivity contribution in [2.45, 2.75) is 45.4 Å². The van der Waals surface area contributed by atoms with E-state index in [1.807, 2.05) is 0 Å². The van der Waals surface area contributed by atoms with E-state index in [0.29, 0.717) is 0 Å². The molecule has 27 aromatic carbocycles. The van der Waals surface area contributed by atoms with Crippen LogP contribution in [0.15, 0.2) is 516 Å². The first-order valence-corrected chi connectivity index (χ1v) is 50.1. The third-order valence-corrected chi connectivity index (χ3v) is 30.7. The van der Waals surface area contributed by atoms with E-state index in [1.165, 1.54) is 279 Å². The van der Waals surface area contributed by atoms with Crippen LogP contribution in [0.4, 0.5) is 0 Å². The second kappa shape index (κ2) is 35.0. The van der Waals surface area contributed by atoms with Gasteiger partial charge in [-0.15, -0.1) is 0 Å². The minimum absolute atomic E-state index is 0.0240. The van der Waals surface area contributed by atoms with Gasteiger partial charge in [-0.3, -0.25) is 0 Å². The van der Waals surface area contributed by atoms with Gasteiger partial charge in [0.15, 0.2) is 0 Å². The van der Waals surface area contributed by atoms with Crippen LogP contribution in [0.3, 0.4) is 0 Å². The number of hydrogen-bond donors (Lipinski definition) is 0. The molecule has 0 saturated carbocycles. The second-order valence-corrected chi connectivity index (χ2v) is 40.2. The monoisotopic (exact) mass is 1820 g/mol. The van der Waals surface area contributed by atoms with Crippen molar-refractivity contribution in [2.24, 2.45) is 0 Å². The van der Waals surface area contributed by atoms with Gasteiger partial charge in [-0.05, 0) is 321 Å². The zero-order valence-electron chi connectivity index (χ0n) is 80.6. The van der Waals surface area contributed by atoms with E-state index < -0.39 is 0 Å². The Morgan fingerprint density at radius 1 is 0.133 bits per heavy atom. The zero-order valence-corrected chi connectivity index (χ0v) is 80.6. The average Bonchev–Trinajstić information content (AvgIpc) is 1.63. The molecule has 0 heterocycles. The van der Waals surface area contributed by atoms with Gasteiger partial charge in [0.25, 0.3) is 0 Å². The molecule has 1 aliphatic rings. The van der Waals surface area contributed by atoms with Gasteiger partial charge >= 0.3 is 0 Å². The molecule has 0 aromatic heterocycles. The number of rotatable bonds is 10. The highest BCUT2D eigenvalue weighted by Gasteiger charge is 2.36. The number of hydrogen-bond acceptors (Lipinski definition) is 0. The summed E-state index contributed by atoms with van der Waals surface area (Å²) in [4.78, 5) is 0. The molecule has 0 amide bonds. The Morgan fingerprint density at radius 2 is 0.406 bits per heavy atom. The first kappa shape index (κ1) is 85.7. The summed E-state index contributed by atoms with van der Waals surface area (Å²) in [6.07, 6.45) is 0. The van der Waals surface area contributed by atoms with Crippen LogP contribution in [0.25, 0.3) is 262 Å². The normalized spacial score (nSPS) is 12.3. The van der Waals surface area contributed by atoms with Crippen LogP contribution >= 0.6 is 0 Å². The van der Waals surface area contributed by atoms with E-state index in [9.17, 15) is 0 Å². The molecule has 0 fully saturated rings. The third-order valence-electron chi connectivity index (χ3n) is 30.7. The molecular formula is C143H100. The van der Waals surface area contributed by atoms with E-state index in [1.54, 1.807) is 0 Å². The topological polar surface area (TPSA) is 0 Å². The molecule has 0 nitrogen and oxygen atoms in total. The fourth-order valence-corrected chi connectivity index (χ4v) is 23.8. The van der Waals surface area contributed by atoms with Gasteiger partial charge in [0, 0.05) is 5.41 Å². The Labute approximate surface area is 834 Å². The molecule has 1 aliphatic carbocycles. The lowest BCUT2D eigenvalue weighted by molar-refractivity contribution is 0.591. The van der Waals surface area contributed by atoms with E-state index in [0.717, 1.165) is 0 Å². The predicted octanol–water partition coefficient (Wildman–Crippen LogP) is 40.3. The molecule has 0 spiro atoms. The van der Waals surface area contributed by atoms with Crippen molar-refractivity contribution in [1.82, 2.24) is 0 Å². The van der Waals surface area contributed by atoms with Crippen molar-refractivity contribution in [1.29, 1.82) is 0 Å². The maximum Gasteiger partial charge on any atom is 0.0159 e. The summed E-state index contributed by atoms with van der Waals surface area (Å²) in [5.41, 5.74) is 32.1. The highest BCUT2D eigenvalue weighted by molar-refractivity contribution is 6.29. The van der Waals surface area contributed by atoms with Crippen molar-refractivity contribution >= 4 is 140 Å². The molecule has 143 heavy (non-hydrogen) atoms. The Hall–Kier alpha value is -17.7. The summed E-state index contributed by atoms with van der Waals surface area (Å²) < 4.78 is 0. The molecule has 0 unspecified atom stereocenters. The highest BCUT2D eigenvalue weighted by atomic mass is 14.4. The minimum atomic E-state index is -0.0240. The Balaban J connectivity index is 0.000000112. The predicted molar refractivity (Wildman–Crippen MR) is 618 cm³/mol. The van der Waals surface area contributed by atoms with Gasteiger partial charge in [0.05, 0.1) is 0 Å². The maximum absolute atomic E-state index is 2.45. The summed E-state index contributed by atoms with van der Waals surface area (Å²) in [5, 5.41) is 33.0. The summed E-state index contributed by atoms with van der Waals surface area (Å²) in [6.45, 7) is 11.6. The van der Waals surface area contributed by atoms with Crippen molar-refractivity contribution in [2.75, 3.05) is 0 Å². The first-order chi connectivity index (χ1) is 70.3. The van der Waals surface area contributed by atoms with E-state index in [4.69, 9.17) is 0 Å². The largest absolute Gasteiger partial charge is 0.0622 e. The fraction of sp³-hybridized carbons (Fsp3) is 0.0490. The summed E-state index contributed by atoms with van der Waals surface area (Å²) >= 11 is 0. The Bertz CT molecular complexity index is 9820. The van der Waals surface area contributed by atoms with Gasteiger partial charge in [-0.25, -0.2) is 0 Å². The number of fused-ring (bicyclic) bond motifs is 16.